The molecule has 54 heavy (non-hydrogen) atoms. The minimum absolute atomic E-state index is 0.0658. The van der Waals surface area contributed by atoms with E-state index in [0.717, 1.165) is 58.5 Å². The van der Waals surface area contributed by atoms with E-state index in [-0.39, 0.29) is 24.7 Å². The van der Waals surface area contributed by atoms with Crippen LogP contribution in [0.3, 0.4) is 0 Å². The second-order valence-electron chi connectivity index (χ2n) is 12.9. The number of rotatable bonds is 8. The highest BCUT2D eigenvalue weighted by Crippen LogP contribution is 2.34. The lowest BCUT2D eigenvalue weighted by atomic mass is 9.91. The topological polar surface area (TPSA) is 124 Å². The summed E-state index contributed by atoms with van der Waals surface area (Å²) in [6.45, 7) is 11.2. The van der Waals surface area contributed by atoms with Crippen LogP contribution in [0.4, 0.5) is 0 Å². The van der Waals surface area contributed by atoms with Gasteiger partial charge in [0.05, 0.1) is 13.2 Å². The second kappa shape index (κ2) is 18.9. The summed E-state index contributed by atoms with van der Waals surface area (Å²) in [5.41, 5.74) is 13.3. The molecule has 0 saturated carbocycles. The number of aromatic nitrogens is 2. The molecule has 10 nitrogen and oxygen atoms in total. The van der Waals surface area contributed by atoms with Crippen molar-refractivity contribution in [1.82, 2.24) is 20.2 Å². The number of carbonyl (C=O) groups is 2. The Hall–Kier alpha value is -4.87. The lowest BCUT2D eigenvalue weighted by Crippen LogP contribution is -2.26. The summed E-state index contributed by atoms with van der Waals surface area (Å²) in [6.07, 6.45) is 2.16. The maximum Gasteiger partial charge on any atom is 0.324 e. The quantitative estimate of drug-likeness (QED) is 0.107. The first kappa shape index (κ1) is 40.3. The number of nitrogens with one attached hydrogen (secondary N) is 2. The smallest absolute Gasteiger partial charge is 0.324 e. The minimum atomic E-state index is -1.08. The third kappa shape index (κ3) is 9.62. The van der Waals surface area contributed by atoms with Gasteiger partial charge in [-0.25, -0.2) is 4.68 Å². The molecular weight excluding hydrogens is 727 g/mol. The van der Waals surface area contributed by atoms with Crippen LogP contribution in [-0.4, -0.2) is 52.7 Å². The number of benzene rings is 4. The lowest BCUT2D eigenvalue weighted by Gasteiger charge is -2.17. The molecule has 0 unspecified atom stereocenters. The predicted molar refractivity (Wildman–Crippen MR) is 214 cm³/mol. The van der Waals surface area contributed by atoms with Gasteiger partial charge in [-0.2, -0.15) is 0 Å². The van der Waals surface area contributed by atoms with Crippen molar-refractivity contribution in [2.24, 2.45) is 0 Å². The van der Waals surface area contributed by atoms with Gasteiger partial charge < -0.3 is 14.6 Å². The number of nitrogens with zero attached hydrogens (tertiary/aromatic N) is 2. The van der Waals surface area contributed by atoms with Gasteiger partial charge in [0.2, 0.25) is 5.88 Å². The molecular formula is C42H46Cl2N4O6. The Labute approximate surface area is 325 Å². The zero-order chi connectivity index (χ0) is 38.8. The molecule has 0 bridgehead atoms. The largest absolute Gasteiger partial charge is 0.493 e. The number of hydrazine groups is 1. The fraction of sp³-hybridized carbons (Fsp3) is 0.310. The van der Waals surface area contributed by atoms with Crippen LogP contribution in [0.15, 0.2) is 89.7 Å². The first-order valence-electron chi connectivity index (χ1n) is 18.1. The number of hydrogen-bond acceptors (Lipinski definition) is 8. The monoisotopic (exact) mass is 772 g/mol. The molecule has 1 saturated heterocycles. The highest BCUT2D eigenvalue weighted by molar-refractivity contribution is 6.31. The van der Waals surface area contributed by atoms with E-state index in [0.29, 0.717) is 34.3 Å². The molecule has 5 aromatic rings. The van der Waals surface area contributed by atoms with Crippen molar-refractivity contribution in [3.63, 3.8) is 0 Å². The molecule has 1 fully saturated rings. The fourth-order valence-electron chi connectivity index (χ4n) is 6.51. The molecule has 2 aliphatic heterocycles. The molecule has 284 valence electrons. The van der Waals surface area contributed by atoms with Crippen molar-refractivity contribution in [2.75, 3.05) is 26.3 Å². The van der Waals surface area contributed by atoms with Crippen LogP contribution < -0.4 is 16.4 Å². The molecule has 0 aliphatic carbocycles. The number of fused-ring (bicyclic) bond motifs is 1. The predicted octanol–water partition coefficient (Wildman–Crippen LogP) is 8.06. The van der Waals surface area contributed by atoms with E-state index >= 15 is 0 Å². The van der Waals surface area contributed by atoms with Crippen molar-refractivity contribution >= 4 is 35.1 Å². The Balaban J connectivity index is 0.000000184. The van der Waals surface area contributed by atoms with Gasteiger partial charge >= 0.3 is 11.9 Å². The van der Waals surface area contributed by atoms with Gasteiger partial charge in [-0.05, 0) is 109 Å². The average molecular weight is 774 g/mol. The summed E-state index contributed by atoms with van der Waals surface area (Å²) in [4.78, 5) is 37.1. The highest BCUT2D eigenvalue weighted by atomic mass is 35.5. The number of halogens is 2. The standard InChI is InChI=1S/C20H21ClO4.C19H17ClN2O2.C3H8N2/c1-4-24-19(22)18(20(23)25-5-2)17-10-9-15(11-13(17)3)14-7-6-8-16(21)12-14;1-12-10-14(13-4-2-5-15(20)11-13)6-7-16(12)17-18(23)21-8-3-9-22(21)19(17)24;1-2-4-5-3-1/h6-12,18H,4-5H2,1-3H3;2,4-7,10-11,23H,3,8-9H2,1H3;4-5H,1-3H2. The normalized spacial score (nSPS) is 13.0. The van der Waals surface area contributed by atoms with Gasteiger partial charge in [0.1, 0.15) is 5.56 Å². The zero-order valence-corrected chi connectivity index (χ0v) is 32.5. The van der Waals surface area contributed by atoms with E-state index in [2.05, 4.69) is 10.9 Å². The van der Waals surface area contributed by atoms with Crippen LogP contribution in [0.1, 0.15) is 49.3 Å². The summed E-state index contributed by atoms with van der Waals surface area (Å²) < 4.78 is 13.4. The third-order valence-corrected chi connectivity index (χ3v) is 9.58. The molecule has 0 radical (unpaired) electrons. The molecule has 7 rings (SSSR count). The maximum atomic E-state index is 12.6. The second-order valence-corrected chi connectivity index (χ2v) is 13.7. The molecule has 3 N–H and O–H groups in total. The van der Waals surface area contributed by atoms with E-state index in [4.69, 9.17) is 32.7 Å². The van der Waals surface area contributed by atoms with E-state index < -0.39 is 17.9 Å². The van der Waals surface area contributed by atoms with Gasteiger partial charge in [-0.1, -0.05) is 83.9 Å². The summed E-state index contributed by atoms with van der Waals surface area (Å²) >= 11 is 12.1. The van der Waals surface area contributed by atoms with Crippen molar-refractivity contribution < 1.29 is 24.2 Å². The summed E-state index contributed by atoms with van der Waals surface area (Å²) in [5, 5.41) is 11.8. The van der Waals surface area contributed by atoms with Gasteiger partial charge in [-0.3, -0.25) is 29.9 Å². The third-order valence-electron chi connectivity index (χ3n) is 9.11. The molecule has 0 amide bonds. The van der Waals surface area contributed by atoms with Crippen LogP contribution in [0.5, 0.6) is 5.88 Å². The highest BCUT2D eigenvalue weighted by Gasteiger charge is 2.32. The SMILES string of the molecule is C1CNNC1.CCOC(=O)C(C(=O)OCC)c1ccc(-c2cccc(Cl)c2)cc1C.Cc1cc(-c2cccc(Cl)c2)ccc1-c1c(O)n2n(c1=O)CCC2. The van der Waals surface area contributed by atoms with Crippen LogP contribution in [-0.2, 0) is 32.2 Å². The number of esters is 2. The van der Waals surface area contributed by atoms with Gasteiger partial charge in [-0.15, -0.1) is 0 Å². The van der Waals surface area contributed by atoms with Gasteiger partial charge in [0, 0.05) is 36.2 Å². The van der Waals surface area contributed by atoms with Crippen molar-refractivity contribution in [1.29, 1.82) is 0 Å². The maximum absolute atomic E-state index is 12.6. The van der Waals surface area contributed by atoms with Gasteiger partial charge in [0.15, 0.2) is 5.92 Å². The summed E-state index contributed by atoms with van der Waals surface area (Å²) in [5.74, 6) is -2.21. The molecule has 4 aromatic carbocycles. The summed E-state index contributed by atoms with van der Waals surface area (Å²) in [7, 11) is 0. The zero-order valence-electron chi connectivity index (χ0n) is 31.0. The van der Waals surface area contributed by atoms with Crippen LogP contribution >= 0.6 is 23.2 Å². The van der Waals surface area contributed by atoms with Crippen molar-refractivity contribution in [3.8, 4) is 39.3 Å². The fourth-order valence-corrected chi connectivity index (χ4v) is 6.90. The Morgan fingerprint density at radius 2 is 1.24 bits per heavy atom. The van der Waals surface area contributed by atoms with Crippen molar-refractivity contribution in [2.45, 2.75) is 59.5 Å². The van der Waals surface area contributed by atoms with Crippen LogP contribution in [0, 0.1) is 13.8 Å². The molecule has 1 aromatic heterocycles. The number of aryl methyl sites for hydroxylation is 2. The summed E-state index contributed by atoms with van der Waals surface area (Å²) in [6, 6.07) is 26.6. The average Bonchev–Trinajstić information content (AvgIpc) is 3.94. The Bertz CT molecular complexity index is 2130. The van der Waals surface area contributed by atoms with Crippen molar-refractivity contribution in [3.05, 3.63) is 122 Å². The lowest BCUT2D eigenvalue weighted by molar-refractivity contribution is -0.157. The van der Waals surface area contributed by atoms with E-state index in [1.165, 1.54) is 6.42 Å². The number of hydrogen-bond donors (Lipinski definition) is 3. The molecule has 0 spiro atoms. The molecule has 0 atom stereocenters. The molecule has 3 heterocycles. The minimum Gasteiger partial charge on any atom is -0.493 e. The first-order valence-corrected chi connectivity index (χ1v) is 18.8. The number of ether oxygens (including phenoxy) is 2. The molecule has 2 aliphatic rings. The van der Waals surface area contributed by atoms with Gasteiger partial charge in [0.25, 0.3) is 5.56 Å². The number of aromatic hydroxyl groups is 1. The first-order chi connectivity index (χ1) is 26.0. The van der Waals surface area contributed by atoms with E-state index in [9.17, 15) is 19.5 Å². The van der Waals surface area contributed by atoms with E-state index in [1.54, 1.807) is 29.3 Å². The Kier molecular flexibility index (Phi) is 14.1. The molecule has 12 heteroatoms. The Morgan fingerprint density at radius 3 is 1.70 bits per heavy atom. The van der Waals surface area contributed by atoms with Crippen LogP contribution in [0.25, 0.3) is 33.4 Å². The van der Waals surface area contributed by atoms with Crippen LogP contribution in [0.2, 0.25) is 10.0 Å². The Morgan fingerprint density at radius 1 is 0.722 bits per heavy atom. The van der Waals surface area contributed by atoms with E-state index in [1.807, 2.05) is 92.7 Å². The number of carbonyl (C=O) groups excluding carboxylic acids is 2.